The standard InChI is InChI=1S/C10H10ClN3O/c11-8-1-2-9(13-5-8)10(15)6-14-4-3-12-7-14/h1-5,7,10,15H,6H2/t10-/m1/s1. The molecular weight excluding hydrogens is 214 g/mol. The molecule has 0 aliphatic carbocycles. The van der Waals surface area contributed by atoms with E-state index in [1.807, 2.05) is 0 Å². The van der Waals surface area contributed by atoms with Crippen LogP contribution in [-0.2, 0) is 6.54 Å². The first-order valence-corrected chi connectivity index (χ1v) is 4.89. The molecular formula is C10H10ClN3O. The first kappa shape index (κ1) is 10.1. The van der Waals surface area contributed by atoms with E-state index >= 15 is 0 Å². The van der Waals surface area contributed by atoms with Crippen molar-refractivity contribution in [3.63, 3.8) is 0 Å². The Morgan fingerprint density at radius 3 is 2.93 bits per heavy atom. The second kappa shape index (κ2) is 4.42. The molecule has 1 N–H and O–H groups in total. The summed E-state index contributed by atoms with van der Waals surface area (Å²) < 4.78 is 1.79. The zero-order chi connectivity index (χ0) is 10.7. The lowest BCUT2D eigenvalue weighted by Gasteiger charge is -2.10. The van der Waals surface area contributed by atoms with Gasteiger partial charge in [0.1, 0.15) is 6.10 Å². The van der Waals surface area contributed by atoms with Crippen molar-refractivity contribution in [2.24, 2.45) is 0 Å². The number of pyridine rings is 1. The molecule has 2 aromatic rings. The highest BCUT2D eigenvalue weighted by Gasteiger charge is 2.08. The lowest BCUT2D eigenvalue weighted by Crippen LogP contribution is -2.08. The first-order valence-electron chi connectivity index (χ1n) is 4.51. The fourth-order valence-electron chi connectivity index (χ4n) is 1.27. The minimum Gasteiger partial charge on any atom is -0.385 e. The van der Waals surface area contributed by atoms with E-state index in [1.165, 1.54) is 6.20 Å². The van der Waals surface area contributed by atoms with E-state index < -0.39 is 6.10 Å². The molecule has 0 saturated carbocycles. The van der Waals surface area contributed by atoms with Crippen LogP contribution in [0.2, 0.25) is 5.02 Å². The van der Waals surface area contributed by atoms with Crippen molar-refractivity contribution >= 4 is 11.6 Å². The maximum atomic E-state index is 9.83. The Bertz CT molecular complexity index is 413. The van der Waals surface area contributed by atoms with Gasteiger partial charge in [-0.2, -0.15) is 0 Å². The van der Waals surface area contributed by atoms with Gasteiger partial charge in [-0.1, -0.05) is 11.6 Å². The van der Waals surface area contributed by atoms with Gasteiger partial charge in [0.25, 0.3) is 0 Å². The van der Waals surface area contributed by atoms with Crippen molar-refractivity contribution in [3.05, 3.63) is 47.8 Å². The fourth-order valence-corrected chi connectivity index (χ4v) is 1.38. The highest BCUT2D eigenvalue weighted by Crippen LogP contribution is 2.14. The van der Waals surface area contributed by atoms with Gasteiger partial charge in [-0.25, -0.2) is 4.98 Å². The Hall–Kier alpha value is -1.39. The maximum Gasteiger partial charge on any atom is 0.114 e. The summed E-state index contributed by atoms with van der Waals surface area (Å²) in [4.78, 5) is 7.94. The van der Waals surface area contributed by atoms with E-state index in [4.69, 9.17) is 11.6 Å². The molecule has 78 valence electrons. The molecule has 15 heavy (non-hydrogen) atoms. The van der Waals surface area contributed by atoms with Crippen LogP contribution < -0.4 is 0 Å². The second-order valence-corrected chi connectivity index (χ2v) is 3.61. The second-order valence-electron chi connectivity index (χ2n) is 3.18. The van der Waals surface area contributed by atoms with Gasteiger partial charge >= 0.3 is 0 Å². The Morgan fingerprint density at radius 1 is 1.47 bits per heavy atom. The SMILES string of the molecule is O[C@H](Cn1ccnc1)c1ccc(Cl)cn1. The van der Waals surface area contributed by atoms with E-state index in [2.05, 4.69) is 9.97 Å². The van der Waals surface area contributed by atoms with Crippen LogP contribution in [0.1, 0.15) is 11.8 Å². The molecule has 5 heteroatoms. The van der Waals surface area contributed by atoms with Crippen LogP contribution in [0, 0.1) is 0 Å². The summed E-state index contributed by atoms with van der Waals surface area (Å²) >= 11 is 5.70. The van der Waals surface area contributed by atoms with Crippen LogP contribution in [0.15, 0.2) is 37.1 Å². The van der Waals surface area contributed by atoms with Gasteiger partial charge in [-0.05, 0) is 12.1 Å². The number of aliphatic hydroxyl groups is 1. The number of nitrogens with zero attached hydrogens (tertiary/aromatic N) is 3. The van der Waals surface area contributed by atoms with Gasteiger partial charge in [-0.3, -0.25) is 4.98 Å². The van der Waals surface area contributed by atoms with Crippen molar-refractivity contribution < 1.29 is 5.11 Å². The van der Waals surface area contributed by atoms with E-state index in [0.717, 1.165) is 0 Å². The summed E-state index contributed by atoms with van der Waals surface area (Å²) in [7, 11) is 0. The molecule has 2 heterocycles. The molecule has 0 unspecified atom stereocenters. The normalized spacial score (nSPS) is 12.7. The van der Waals surface area contributed by atoms with Crippen LogP contribution in [0.25, 0.3) is 0 Å². The molecule has 0 radical (unpaired) electrons. The lowest BCUT2D eigenvalue weighted by molar-refractivity contribution is 0.152. The van der Waals surface area contributed by atoms with E-state index in [-0.39, 0.29) is 0 Å². The Labute approximate surface area is 92.2 Å². The minimum absolute atomic E-state index is 0.439. The third-order valence-corrected chi connectivity index (χ3v) is 2.26. The topological polar surface area (TPSA) is 50.9 Å². The molecule has 0 aliphatic rings. The number of rotatable bonds is 3. The smallest absolute Gasteiger partial charge is 0.114 e. The summed E-state index contributed by atoms with van der Waals surface area (Å²) in [6, 6.07) is 3.42. The van der Waals surface area contributed by atoms with E-state index in [9.17, 15) is 5.11 Å². The maximum absolute atomic E-state index is 9.83. The van der Waals surface area contributed by atoms with Crippen molar-refractivity contribution in [2.45, 2.75) is 12.6 Å². The molecule has 0 fully saturated rings. The quantitative estimate of drug-likeness (QED) is 0.861. The van der Waals surface area contributed by atoms with Gasteiger partial charge in [0.2, 0.25) is 0 Å². The molecule has 0 aliphatic heterocycles. The summed E-state index contributed by atoms with van der Waals surface area (Å²) in [5, 5.41) is 10.4. The van der Waals surface area contributed by atoms with Gasteiger partial charge in [0.05, 0.1) is 23.6 Å². The zero-order valence-electron chi connectivity index (χ0n) is 7.92. The highest BCUT2D eigenvalue weighted by molar-refractivity contribution is 6.30. The van der Waals surface area contributed by atoms with Crippen molar-refractivity contribution in [1.82, 2.24) is 14.5 Å². The molecule has 2 rings (SSSR count). The van der Waals surface area contributed by atoms with Crippen LogP contribution in [0.4, 0.5) is 0 Å². The largest absolute Gasteiger partial charge is 0.385 e. The Balaban J connectivity index is 2.08. The number of imidazole rings is 1. The molecule has 1 atom stereocenters. The number of hydrogen-bond acceptors (Lipinski definition) is 3. The fraction of sp³-hybridized carbons (Fsp3) is 0.200. The van der Waals surface area contributed by atoms with Gasteiger partial charge in [-0.15, -0.1) is 0 Å². The molecule has 2 aromatic heterocycles. The van der Waals surface area contributed by atoms with Crippen LogP contribution >= 0.6 is 11.6 Å². The lowest BCUT2D eigenvalue weighted by atomic mass is 10.2. The zero-order valence-corrected chi connectivity index (χ0v) is 8.67. The average Bonchev–Trinajstić information content (AvgIpc) is 2.71. The van der Waals surface area contributed by atoms with Gasteiger partial charge in [0, 0.05) is 18.6 Å². The Morgan fingerprint density at radius 2 is 2.33 bits per heavy atom. The minimum atomic E-state index is -0.642. The third kappa shape index (κ3) is 2.55. The van der Waals surface area contributed by atoms with Crippen LogP contribution in [0.5, 0.6) is 0 Å². The van der Waals surface area contributed by atoms with E-state index in [1.54, 1.807) is 35.4 Å². The summed E-state index contributed by atoms with van der Waals surface area (Å²) in [6.07, 6.45) is 5.99. The van der Waals surface area contributed by atoms with Crippen molar-refractivity contribution in [1.29, 1.82) is 0 Å². The summed E-state index contributed by atoms with van der Waals surface area (Å²) in [5.41, 5.74) is 0.605. The number of hydrogen-bond donors (Lipinski definition) is 1. The molecule has 0 amide bonds. The van der Waals surface area contributed by atoms with Crippen LogP contribution in [-0.4, -0.2) is 19.6 Å². The third-order valence-electron chi connectivity index (χ3n) is 2.03. The number of halogens is 1. The monoisotopic (exact) mass is 223 g/mol. The van der Waals surface area contributed by atoms with Gasteiger partial charge < -0.3 is 9.67 Å². The van der Waals surface area contributed by atoms with Gasteiger partial charge in [0.15, 0.2) is 0 Å². The van der Waals surface area contributed by atoms with Crippen molar-refractivity contribution in [2.75, 3.05) is 0 Å². The molecule has 0 bridgehead atoms. The molecule has 0 aromatic carbocycles. The predicted octanol–water partition coefficient (Wildman–Crippen LogP) is 1.67. The number of aromatic nitrogens is 3. The molecule has 0 saturated heterocycles. The van der Waals surface area contributed by atoms with Crippen molar-refractivity contribution in [3.8, 4) is 0 Å². The summed E-state index contributed by atoms with van der Waals surface area (Å²) in [5.74, 6) is 0. The predicted molar refractivity (Wildman–Crippen MR) is 56.4 cm³/mol. The molecule has 0 spiro atoms. The van der Waals surface area contributed by atoms with E-state index in [0.29, 0.717) is 17.3 Å². The van der Waals surface area contributed by atoms with Crippen LogP contribution in [0.3, 0.4) is 0 Å². The Kier molecular flexibility index (Phi) is 2.99. The first-order chi connectivity index (χ1) is 7.25. The summed E-state index contributed by atoms with van der Waals surface area (Å²) in [6.45, 7) is 0.439. The molecule has 4 nitrogen and oxygen atoms in total. The highest BCUT2D eigenvalue weighted by atomic mass is 35.5. The average molecular weight is 224 g/mol. The number of aliphatic hydroxyl groups excluding tert-OH is 1.